The summed E-state index contributed by atoms with van der Waals surface area (Å²) >= 11 is 6.57. The fraction of sp³-hybridized carbons (Fsp3) is 0.440. The topological polar surface area (TPSA) is 45.9 Å². The molecule has 4 rings (SSSR count). The van der Waals surface area contributed by atoms with Gasteiger partial charge in [-0.15, -0.1) is 0 Å². The number of benzene rings is 1. The predicted octanol–water partition coefficient (Wildman–Crippen LogP) is 6.70. The van der Waals surface area contributed by atoms with E-state index < -0.39 is 0 Å². The second-order valence-corrected chi connectivity index (χ2v) is 8.57. The molecule has 0 aliphatic heterocycles. The van der Waals surface area contributed by atoms with Gasteiger partial charge in [0.2, 0.25) is 5.88 Å². The van der Waals surface area contributed by atoms with E-state index >= 15 is 0 Å². The first-order valence-electron chi connectivity index (χ1n) is 10.6. The van der Waals surface area contributed by atoms with Crippen molar-refractivity contribution < 1.29 is 4.74 Å². The maximum absolute atomic E-state index is 8.86. The van der Waals surface area contributed by atoms with Gasteiger partial charge in [-0.25, -0.2) is 4.98 Å². The largest absolute Gasteiger partial charge is 0.481 e. The average molecular weight is 407 g/mol. The zero-order valence-electron chi connectivity index (χ0n) is 17.0. The van der Waals surface area contributed by atoms with Crippen molar-refractivity contribution in [2.24, 2.45) is 5.92 Å². The van der Waals surface area contributed by atoms with Gasteiger partial charge in [-0.05, 0) is 67.2 Å². The number of halogens is 1. The molecule has 1 aromatic heterocycles. The summed E-state index contributed by atoms with van der Waals surface area (Å²) < 4.78 is 5.64. The summed E-state index contributed by atoms with van der Waals surface area (Å²) in [5.41, 5.74) is 5.40. The first-order valence-corrected chi connectivity index (χ1v) is 11.0. The first-order chi connectivity index (χ1) is 14.2. The number of aryl methyl sites for hydroxylation is 1. The van der Waals surface area contributed by atoms with Crippen LogP contribution in [0.5, 0.6) is 5.88 Å². The van der Waals surface area contributed by atoms with Gasteiger partial charge in [0.05, 0.1) is 18.9 Å². The number of allylic oxidation sites excluding steroid dienone is 1. The van der Waals surface area contributed by atoms with Gasteiger partial charge in [0.15, 0.2) is 0 Å². The predicted molar refractivity (Wildman–Crippen MR) is 117 cm³/mol. The first kappa shape index (κ1) is 20.0. The molecular formula is C25H27ClN2O. The summed E-state index contributed by atoms with van der Waals surface area (Å²) in [6.07, 6.45) is 11.0. The SMILES string of the molecule is COc1nc(/C(=C/C2CCCC2)c2ccc(CCC#N)c(Cl)c2)ccc1C1CC1. The Hall–Kier alpha value is -2.31. The van der Waals surface area contributed by atoms with Crippen LogP contribution in [0.15, 0.2) is 36.4 Å². The van der Waals surface area contributed by atoms with E-state index in [1.54, 1.807) is 7.11 Å². The van der Waals surface area contributed by atoms with Crippen molar-refractivity contribution in [3.8, 4) is 11.9 Å². The van der Waals surface area contributed by atoms with Crippen LogP contribution in [0.1, 0.15) is 73.2 Å². The van der Waals surface area contributed by atoms with E-state index in [1.807, 2.05) is 12.1 Å². The Morgan fingerprint density at radius 3 is 2.66 bits per heavy atom. The quantitative estimate of drug-likeness (QED) is 0.513. The number of hydrogen-bond acceptors (Lipinski definition) is 3. The van der Waals surface area contributed by atoms with Crippen LogP contribution in [-0.2, 0) is 6.42 Å². The lowest BCUT2D eigenvalue weighted by atomic mass is 9.94. The normalized spacial score (nSPS) is 17.3. The van der Waals surface area contributed by atoms with E-state index in [0.717, 1.165) is 33.3 Å². The molecule has 0 N–H and O–H groups in total. The van der Waals surface area contributed by atoms with E-state index in [2.05, 4.69) is 30.3 Å². The van der Waals surface area contributed by atoms with Crippen LogP contribution in [-0.4, -0.2) is 12.1 Å². The van der Waals surface area contributed by atoms with Crippen LogP contribution in [0, 0.1) is 17.2 Å². The summed E-state index contributed by atoms with van der Waals surface area (Å²) in [5.74, 6) is 1.93. The Balaban J connectivity index is 1.73. The molecule has 2 aliphatic carbocycles. The van der Waals surface area contributed by atoms with Crippen molar-refractivity contribution in [2.75, 3.05) is 7.11 Å². The lowest BCUT2D eigenvalue weighted by molar-refractivity contribution is 0.392. The highest BCUT2D eigenvalue weighted by Gasteiger charge is 2.28. The number of rotatable bonds is 7. The van der Waals surface area contributed by atoms with Crippen molar-refractivity contribution in [3.63, 3.8) is 0 Å². The second-order valence-electron chi connectivity index (χ2n) is 8.16. The zero-order chi connectivity index (χ0) is 20.2. The molecule has 2 fully saturated rings. The van der Waals surface area contributed by atoms with E-state index in [9.17, 15) is 0 Å². The highest BCUT2D eigenvalue weighted by Crippen LogP contribution is 2.44. The molecule has 3 nitrogen and oxygen atoms in total. The van der Waals surface area contributed by atoms with E-state index in [1.165, 1.54) is 44.1 Å². The third-order valence-electron chi connectivity index (χ3n) is 6.05. The van der Waals surface area contributed by atoms with Gasteiger partial charge in [0.1, 0.15) is 0 Å². The molecular weight excluding hydrogens is 380 g/mol. The molecule has 29 heavy (non-hydrogen) atoms. The van der Waals surface area contributed by atoms with Crippen molar-refractivity contribution in [1.82, 2.24) is 4.98 Å². The summed E-state index contributed by atoms with van der Waals surface area (Å²) in [6, 6.07) is 12.7. The molecule has 0 unspecified atom stereocenters. The molecule has 1 aromatic carbocycles. The van der Waals surface area contributed by atoms with E-state index in [-0.39, 0.29) is 0 Å². The fourth-order valence-electron chi connectivity index (χ4n) is 4.27. The maximum Gasteiger partial charge on any atom is 0.217 e. The molecule has 0 amide bonds. The minimum atomic E-state index is 0.477. The number of nitriles is 1. The van der Waals surface area contributed by atoms with E-state index in [0.29, 0.717) is 24.7 Å². The van der Waals surface area contributed by atoms with Gasteiger partial charge in [0, 0.05) is 22.6 Å². The number of aromatic nitrogens is 1. The highest BCUT2D eigenvalue weighted by atomic mass is 35.5. The van der Waals surface area contributed by atoms with Gasteiger partial charge in [0.25, 0.3) is 0 Å². The molecule has 2 aromatic rings. The van der Waals surface area contributed by atoms with Gasteiger partial charge in [-0.2, -0.15) is 5.26 Å². The molecule has 0 saturated heterocycles. The molecule has 150 valence electrons. The van der Waals surface area contributed by atoms with Crippen molar-refractivity contribution in [1.29, 1.82) is 5.26 Å². The number of hydrogen-bond donors (Lipinski definition) is 0. The number of pyridine rings is 1. The van der Waals surface area contributed by atoms with Crippen molar-refractivity contribution >= 4 is 17.2 Å². The van der Waals surface area contributed by atoms with Crippen LogP contribution in [0.3, 0.4) is 0 Å². The van der Waals surface area contributed by atoms with Crippen molar-refractivity contribution in [3.05, 3.63) is 63.8 Å². The molecule has 0 bridgehead atoms. The van der Waals surface area contributed by atoms with Crippen molar-refractivity contribution in [2.45, 2.75) is 57.3 Å². The summed E-state index contributed by atoms with van der Waals surface area (Å²) in [6.45, 7) is 0. The average Bonchev–Trinajstić information content (AvgIpc) is 3.46. The van der Waals surface area contributed by atoms with Gasteiger partial charge in [-0.1, -0.05) is 48.7 Å². The smallest absolute Gasteiger partial charge is 0.217 e. The van der Waals surface area contributed by atoms with Crippen LogP contribution in [0.4, 0.5) is 0 Å². The lowest BCUT2D eigenvalue weighted by Crippen LogP contribution is -2.01. The number of nitrogens with zero attached hydrogens (tertiary/aromatic N) is 2. The molecule has 1 heterocycles. The molecule has 0 spiro atoms. The maximum atomic E-state index is 8.86. The van der Waals surface area contributed by atoms with Gasteiger partial charge < -0.3 is 4.74 Å². The molecule has 2 aliphatic rings. The molecule has 0 atom stereocenters. The fourth-order valence-corrected chi connectivity index (χ4v) is 4.54. The number of methoxy groups -OCH3 is 1. The molecule has 0 radical (unpaired) electrons. The van der Waals surface area contributed by atoms with Crippen LogP contribution < -0.4 is 4.74 Å². The third-order valence-corrected chi connectivity index (χ3v) is 6.40. The minimum Gasteiger partial charge on any atom is -0.481 e. The Morgan fingerprint density at radius 1 is 1.21 bits per heavy atom. The van der Waals surface area contributed by atoms with Gasteiger partial charge in [-0.3, -0.25) is 0 Å². The standard InChI is InChI=1S/C25H27ClN2O/c1-29-25-21(18-8-9-18)12-13-24(28-25)22(15-17-5-2-3-6-17)20-11-10-19(7-4-14-27)23(26)16-20/h10-13,15-18H,2-9H2,1H3/b22-15+. The summed E-state index contributed by atoms with van der Waals surface area (Å²) in [5, 5.41) is 9.58. The Morgan fingerprint density at radius 2 is 2.00 bits per heavy atom. The monoisotopic (exact) mass is 406 g/mol. The van der Waals surface area contributed by atoms with E-state index in [4.69, 9.17) is 26.6 Å². The summed E-state index contributed by atoms with van der Waals surface area (Å²) in [7, 11) is 1.71. The Bertz CT molecular complexity index is 950. The zero-order valence-corrected chi connectivity index (χ0v) is 17.7. The lowest BCUT2D eigenvalue weighted by Gasteiger charge is -2.15. The van der Waals surface area contributed by atoms with Crippen LogP contribution in [0.25, 0.3) is 5.57 Å². The third kappa shape index (κ3) is 4.65. The van der Waals surface area contributed by atoms with Gasteiger partial charge >= 0.3 is 0 Å². The molecule has 4 heteroatoms. The summed E-state index contributed by atoms with van der Waals surface area (Å²) in [4.78, 5) is 4.90. The number of ether oxygens (including phenoxy) is 1. The highest BCUT2D eigenvalue weighted by molar-refractivity contribution is 6.31. The Kier molecular flexibility index (Phi) is 6.21. The van der Waals surface area contributed by atoms with Crippen LogP contribution >= 0.6 is 11.6 Å². The second kappa shape index (κ2) is 9.01. The van der Waals surface area contributed by atoms with Crippen LogP contribution in [0.2, 0.25) is 5.02 Å². The Labute approximate surface area is 178 Å². The minimum absolute atomic E-state index is 0.477. The molecule has 2 saturated carbocycles.